The van der Waals surface area contributed by atoms with E-state index < -0.39 is 35.7 Å². The minimum Gasteiger partial charge on any atom is -0.481 e. The van der Waals surface area contributed by atoms with Gasteiger partial charge in [-0.15, -0.1) is 0 Å². The molecular formula is C15H25NO6. The van der Waals surface area contributed by atoms with Gasteiger partial charge in [0.15, 0.2) is 0 Å². The Morgan fingerprint density at radius 1 is 1.09 bits per heavy atom. The van der Waals surface area contributed by atoms with E-state index in [4.69, 9.17) is 15.2 Å². The molecule has 0 saturated heterocycles. The van der Waals surface area contributed by atoms with Crippen LogP contribution in [0.4, 0.5) is 0 Å². The lowest BCUT2D eigenvalue weighted by Crippen LogP contribution is -2.54. The summed E-state index contributed by atoms with van der Waals surface area (Å²) in [5.41, 5.74) is 4.61. The van der Waals surface area contributed by atoms with Crippen LogP contribution in [-0.4, -0.2) is 35.3 Å². The third-order valence-electron chi connectivity index (χ3n) is 4.08. The molecule has 0 amide bonds. The number of hydrogen-bond donors (Lipinski definition) is 2. The maximum absolute atomic E-state index is 12.2. The van der Waals surface area contributed by atoms with E-state index in [1.807, 2.05) is 0 Å². The van der Waals surface area contributed by atoms with Crippen LogP contribution >= 0.6 is 0 Å². The number of carboxylic acids is 1. The number of carbonyl (C=O) groups is 3. The van der Waals surface area contributed by atoms with Crippen LogP contribution in [0.3, 0.4) is 0 Å². The van der Waals surface area contributed by atoms with Crippen molar-refractivity contribution in [1.29, 1.82) is 0 Å². The molecule has 1 aliphatic carbocycles. The zero-order chi connectivity index (χ0) is 16.9. The third-order valence-corrected chi connectivity index (χ3v) is 4.08. The Morgan fingerprint density at radius 3 is 2.05 bits per heavy atom. The number of aliphatic carboxylic acids is 1. The van der Waals surface area contributed by atoms with Crippen molar-refractivity contribution in [2.75, 3.05) is 0 Å². The van der Waals surface area contributed by atoms with Gasteiger partial charge in [0.05, 0.1) is 5.41 Å². The topological polar surface area (TPSA) is 116 Å². The van der Waals surface area contributed by atoms with E-state index in [0.29, 0.717) is 25.7 Å². The van der Waals surface area contributed by atoms with Crippen molar-refractivity contribution in [2.24, 2.45) is 17.1 Å². The van der Waals surface area contributed by atoms with Gasteiger partial charge < -0.3 is 20.3 Å². The van der Waals surface area contributed by atoms with Crippen LogP contribution in [0.25, 0.3) is 0 Å². The van der Waals surface area contributed by atoms with Gasteiger partial charge in [0.25, 0.3) is 0 Å². The molecule has 7 heteroatoms. The fraction of sp³-hybridized carbons (Fsp3) is 0.800. The Balaban J connectivity index is 2.84. The Labute approximate surface area is 130 Å². The van der Waals surface area contributed by atoms with E-state index in [-0.39, 0.29) is 5.92 Å². The van der Waals surface area contributed by atoms with Gasteiger partial charge in [0, 0.05) is 12.8 Å². The van der Waals surface area contributed by atoms with Crippen LogP contribution < -0.4 is 5.73 Å². The summed E-state index contributed by atoms with van der Waals surface area (Å²) < 4.78 is 10.1. The van der Waals surface area contributed by atoms with E-state index >= 15 is 0 Å². The van der Waals surface area contributed by atoms with E-state index in [1.54, 1.807) is 13.8 Å². The second-order valence-electron chi connectivity index (χ2n) is 6.16. The third kappa shape index (κ3) is 4.19. The second kappa shape index (κ2) is 7.58. The number of hydrogen-bond acceptors (Lipinski definition) is 6. The largest absolute Gasteiger partial charge is 0.481 e. The number of nitrogens with two attached hydrogens (primary N) is 1. The molecule has 1 saturated carbocycles. The summed E-state index contributed by atoms with van der Waals surface area (Å²) in [5, 5.41) is 9.52. The highest BCUT2D eigenvalue weighted by Gasteiger charge is 2.49. The Morgan fingerprint density at radius 2 is 1.64 bits per heavy atom. The quantitative estimate of drug-likeness (QED) is 0.562. The average Bonchev–Trinajstić information content (AvgIpc) is 2.45. The summed E-state index contributed by atoms with van der Waals surface area (Å²) >= 11 is 0. The smallest absolute Gasteiger partial charge is 0.327 e. The second-order valence-corrected chi connectivity index (χ2v) is 6.16. The predicted octanol–water partition coefficient (Wildman–Crippen LogP) is 1.44. The fourth-order valence-electron chi connectivity index (χ4n) is 2.71. The van der Waals surface area contributed by atoms with Crippen molar-refractivity contribution >= 4 is 17.9 Å². The summed E-state index contributed by atoms with van der Waals surface area (Å²) in [4.78, 5) is 34.9. The van der Waals surface area contributed by atoms with Crippen LogP contribution in [0.2, 0.25) is 0 Å². The number of carboxylic acid groups (broad SMARTS) is 1. The van der Waals surface area contributed by atoms with Crippen LogP contribution in [0.5, 0.6) is 0 Å². The van der Waals surface area contributed by atoms with Crippen molar-refractivity contribution in [3.63, 3.8) is 0 Å². The zero-order valence-corrected chi connectivity index (χ0v) is 13.3. The van der Waals surface area contributed by atoms with Gasteiger partial charge in [-0.2, -0.15) is 0 Å². The molecule has 0 aromatic carbocycles. The van der Waals surface area contributed by atoms with Gasteiger partial charge >= 0.3 is 17.9 Å². The molecule has 0 spiro atoms. The van der Waals surface area contributed by atoms with Crippen LogP contribution in [0, 0.1) is 11.3 Å². The molecule has 2 atom stereocenters. The molecular weight excluding hydrogens is 290 g/mol. The molecule has 3 N–H and O–H groups in total. The lowest BCUT2D eigenvalue weighted by molar-refractivity contribution is -0.199. The highest BCUT2D eigenvalue weighted by Crippen LogP contribution is 2.39. The normalized spacial score (nSPS) is 20.0. The minimum atomic E-state index is -1.30. The molecule has 0 aromatic heterocycles. The zero-order valence-electron chi connectivity index (χ0n) is 13.3. The fourth-order valence-corrected chi connectivity index (χ4v) is 2.71. The van der Waals surface area contributed by atoms with Gasteiger partial charge in [-0.05, 0) is 12.8 Å². The maximum atomic E-state index is 12.2. The molecule has 1 fully saturated rings. The molecule has 7 nitrogen and oxygen atoms in total. The van der Waals surface area contributed by atoms with Gasteiger partial charge in [-0.3, -0.25) is 14.4 Å². The summed E-state index contributed by atoms with van der Waals surface area (Å²) in [6.45, 7) is 4.66. The first kappa shape index (κ1) is 18.4. The van der Waals surface area contributed by atoms with Crippen molar-refractivity contribution in [3.8, 4) is 0 Å². The Kier molecular flexibility index (Phi) is 6.34. The average molecular weight is 315 g/mol. The minimum absolute atomic E-state index is 0.257. The molecule has 2 unspecified atom stereocenters. The predicted molar refractivity (Wildman–Crippen MR) is 77.6 cm³/mol. The number of rotatable bonds is 6. The number of esters is 2. The van der Waals surface area contributed by atoms with Gasteiger partial charge in [-0.25, -0.2) is 0 Å². The molecule has 0 bridgehead atoms. The number of carbonyl (C=O) groups excluding carboxylic acids is 2. The monoisotopic (exact) mass is 315 g/mol. The van der Waals surface area contributed by atoms with Crippen molar-refractivity contribution < 1.29 is 29.0 Å². The first-order valence-electron chi connectivity index (χ1n) is 7.57. The van der Waals surface area contributed by atoms with E-state index in [2.05, 4.69) is 0 Å². The summed E-state index contributed by atoms with van der Waals surface area (Å²) in [7, 11) is 0. The molecule has 0 radical (unpaired) electrons. The lowest BCUT2D eigenvalue weighted by atomic mass is 9.69. The molecule has 1 aliphatic rings. The molecule has 22 heavy (non-hydrogen) atoms. The molecule has 1 rings (SSSR count). The van der Waals surface area contributed by atoms with Crippen LogP contribution in [0.15, 0.2) is 0 Å². The van der Waals surface area contributed by atoms with Crippen LogP contribution in [-0.2, 0) is 23.9 Å². The SMILES string of the molecule is CC(=O)OC(OC(=O)C(N)C1(C(=O)O)CCCCC1)C(C)C. The molecule has 126 valence electrons. The first-order chi connectivity index (χ1) is 10.2. The summed E-state index contributed by atoms with van der Waals surface area (Å²) in [6.07, 6.45) is 1.98. The molecule has 0 heterocycles. The highest BCUT2D eigenvalue weighted by molar-refractivity contribution is 5.87. The summed E-state index contributed by atoms with van der Waals surface area (Å²) in [6, 6.07) is -1.28. The standard InChI is InChI=1S/C15H25NO6/c1-9(2)13(21-10(3)17)22-12(18)11(16)15(14(19)20)7-5-4-6-8-15/h9,11,13H,4-8,16H2,1-3H3,(H,19,20). The van der Waals surface area contributed by atoms with E-state index in [1.165, 1.54) is 6.92 Å². The summed E-state index contributed by atoms with van der Waals surface area (Å²) in [5.74, 6) is -2.76. The maximum Gasteiger partial charge on any atom is 0.327 e. The van der Waals surface area contributed by atoms with Crippen molar-refractivity contribution in [2.45, 2.75) is 65.2 Å². The molecule has 0 aliphatic heterocycles. The molecule has 0 aromatic rings. The Hall–Kier alpha value is -1.63. The van der Waals surface area contributed by atoms with Gasteiger partial charge in [0.2, 0.25) is 6.29 Å². The first-order valence-corrected chi connectivity index (χ1v) is 7.57. The van der Waals surface area contributed by atoms with E-state index in [0.717, 1.165) is 6.42 Å². The van der Waals surface area contributed by atoms with Gasteiger partial charge in [-0.1, -0.05) is 33.1 Å². The van der Waals surface area contributed by atoms with Crippen molar-refractivity contribution in [1.82, 2.24) is 0 Å². The van der Waals surface area contributed by atoms with Crippen molar-refractivity contribution in [3.05, 3.63) is 0 Å². The highest BCUT2D eigenvalue weighted by atomic mass is 16.7. The number of ether oxygens (including phenoxy) is 2. The Bertz CT molecular complexity index is 428. The van der Waals surface area contributed by atoms with Crippen LogP contribution in [0.1, 0.15) is 52.9 Å². The van der Waals surface area contributed by atoms with Gasteiger partial charge in [0.1, 0.15) is 6.04 Å². The van der Waals surface area contributed by atoms with E-state index in [9.17, 15) is 19.5 Å². The lowest BCUT2D eigenvalue weighted by Gasteiger charge is -2.37.